The standard InChI is InChI=1S/C14H18N2O4/c1-9(8-13(18)19)7-12(17)16-14(20)15-11-6-4-3-5-10(11)2/h3-6,9H,7-8H2,1-2H3,(H,18,19)(H2,15,16,17,20). The largest absolute Gasteiger partial charge is 0.481 e. The molecule has 1 aromatic rings. The summed E-state index contributed by atoms with van der Waals surface area (Å²) in [4.78, 5) is 33.7. The fraction of sp³-hybridized carbons (Fsp3) is 0.357. The van der Waals surface area contributed by atoms with Crippen molar-refractivity contribution in [1.29, 1.82) is 0 Å². The highest BCUT2D eigenvalue weighted by atomic mass is 16.4. The van der Waals surface area contributed by atoms with E-state index in [4.69, 9.17) is 5.11 Å². The van der Waals surface area contributed by atoms with Gasteiger partial charge in [-0.3, -0.25) is 14.9 Å². The number of aliphatic carboxylic acids is 1. The number of aryl methyl sites for hydroxylation is 1. The Hall–Kier alpha value is -2.37. The zero-order valence-corrected chi connectivity index (χ0v) is 11.5. The second kappa shape index (κ2) is 7.28. The van der Waals surface area contributed by atoms with Gasteiger partial charge in [-0.05, 0) is 24.5 Å². The van der Waals surface area contributed by atoms with Gasteiger partial charge in [-0.25, -0.2) is 4.79 Å². The van der Waals surface area contributed by atoms with Crippen molar-refractivity contribution < 1.29 is 19.5 Å². The van der Waals surface area contributed by atoms with Gasteiger partial charge in [0.05, 0.1) is 0 Å². The van der Waals surface area contributed by atoms with Gasteiger partial charge in [0.1, 0.15) is 0 Å². The molecule has 0 spiro atoms. The average Bonchev–Trinajstić information content (AvgIpc) is 2.30. The summed E-state index contributed by atoms with van der Waals surface area (Å²) in [7, 11) is 0. The van der Waals surface area contributed by atoms with Crippen molar-refractivity contribution in [2.45, 2.75) is 26.7 Å². The fourth-order valence-corrected chi connectivity index (χ4v) is 1.73. The van der Waals surface area contributed by atoms with Crippen LogP contribution in [0.15, 0.2) is 24.3 Å². The number of rotatable bonds is 5. The molecule has 1 aromatic carbocycles. The number of para-hydroxylation sites is 1. The maximum Gasteiger partial charge on any atom is 0.325 e. The average molecular weight is 278 g/mol. The first-order chi connectivity index (χ1) is 9.38. The van der Waals surface area contributed by atoms with E-state index in [0.717, 1.165) is 5.56 Å². The van der Waals surface area contributed by atoms with E-state index in [1.165, 1.54) is 0 Å². The Bertz CT molecular complexity index is 514. The lowest BCUT2D eigenvalue weighted by atomic mass is 10.0. The van der Waals surface area contributed by atoms with Crippen molar-refractivity contribution in [2.75, 3.05) is 5.32 Å². The zero-order chi connectivity index (χ0) is 15.1. The van der Waals surface area contributed by atoms with Gasteiger partial charge in [0.2, 0.25) is 5.91 Å². The Balaban J connectivity index is 2.44. The first kappa shape index (κ1) is 15.7. The third-order valence-electron chi connectivity index (χ3n) is 2.70. The Kier molecular flexibility index (Phi) is 5.71. The van der Waals surface area contributed by atoms with E-state index in [1.807, 2.05) is 19.1 Å². The second-order valence-electron chi connectivity index (χ2n) is 4.72. The van der Waals surface area contributed by atoms with E-state index < -0.39 is 17.9 Å². The molecule has 0 saturated carbocycles. The Morgan fingerprint density at radius 3 is 2.45 bits per heavy atom. The van der Waals surface area contributed by atoms with Gasteiger partial charge in [-0.1, -0.05) is 25.1 Å². The summed E-state index contributed by atoms with van der Waals surface area (Å²) < 4.78 is 0. The third-order valence-corrected chi connectivity index (χ3v) is 2.70. The van der Waals surface area contributed by atoms with Crippen LogP contribution in [0.25, 0.3) is 0 Å². The number of nitrogens with one attached hydrogen (secondary N) is 2. The van der Waals surface area contributed by atoms with Crippen LogP contribution >= 0.6 is 0 Å². The van der Waals surface area contributed by atoms with Crippen molar-refractivity contribution in [3.8, 4) is 0 Å². The minimum Gasteiger partial charge on any atom is -0.481 e. The Morgan fingerprint density at radius 2 is 1.85 bits per heavy atom. The molecule has 0 aliphatic carbocycles. The molecule has 0 fully saturated rings. The third kappa shape index (κ3) is 5.51. The quantitative estimate of drug-likeness (QED) is 0.769. The number of amides is 3. The predicted molar refractivity (Wildman–Crippen MR) is 74.4 cm³/mol. The number of imide groups is 1. The summed E-state index contributed by atoms with van der Waals surface area (Å²) in [6, 6.07) is 6.57. The molecule has 0 aliphatic rings. The monoisotopic (exact) mass is 278 g/mol. The summed E-state index contributed by atoms with van der Waals surface area (Å²) >= 11 is 0. The van der Waals surface area contributed by atoms with Crippen molar-refractivity contribution >= 4 is 23.6 Å². The Labute approximate surface area is 117 Å². The number of hydrogen-bond donors (Lipinski definition) is 3. The van der Waals surface area contributed by atoms with Crippen LogP contribution in [0.1, 0.15) is 25.3 Å². The van der Waals surface area contributed by atoms with E-state index in [2.05, 4.69) is 10.6 Å². The highest BCUT2D eigenvalue weighted by molar-refractivity contribution is 6.01. The zero-order valence-electron chi connectivity index (χ0n) is 11.5. The van der Waals surface area contributed by atoms with E-state index >= 15 is 0 Å². The minimum absolute atomic E-state index is 0.00646. The van der Waals surface area contributed by atoms with Gasteiger partial charge in [0.15, 0.2) is 0 Å². The maximum absolute atomic E-state index is 11.6. The highest BCUT2D eigenvalue weighted by Gasteiger charge is 2.15. The van der Waals surface area contributed by atoms with Crippen molar-refractivity contribution in [3.63, 3.8) is 0 Å². The van der Waals surface area contributed by atoms with Crippen molar-refractivity contribution in [2.24, 2.45) is 5.92 Å². The van der Waals surface area contributed by atoms with Crippen LogP contribution in [-0.2, 0) is 9.59 Å². The number of urea groups is 1. The molecule has 0 aliphatic heterocycles. The molecule has 6 heteroatoms. The van der Waals surface area contributed by atoms with Gasteiger partial charge in [0, 0.05) is 18.5 Å². The van der Waals surface area contributed by atoms with Crippen LogP contribution < -0.4 is 10.6 Å². The molecule has 0 saturated heterocycles. The molecule has 0 heterocycles. The van der Waals surface area contributed by atoms with Gasteiger partial charge >= 0.3 is 12.0 Å². The molecular formula is C14H18N2O4. The number of benzene rings is 1. The lowest BCUT2D eigenvalue weighted by Crippen LogP contribution is -2.35. The topological polar surface area (TPSA) is 95.5 Å². The number of carbonyl (C=O) groups is 3. The molecule has 1 atom stereocenters. The number of carboxylic acids is 1. The van der Waals surface area contributed by atoms with Gasteiger partial charge < -0.3 is 10.4 Å². The van der Waals surface area contributed by atoms with E-state index in [-0.39, 0.29) is 18.8 Å². The summed E-state index contributed by atoms with van der Waals surface area (Å²) in [5.74, 6) is -1.78. The lowest BCUT2D eigenvalue weighted by Gasteiger charge is -2.10. The summed E-state index contributed by atoms with van der Waals surface area (Å²) in [6.07, 6.45) is -0.111. The molecule has 20 heavy (non-hydrogen) atoms. The highest BCUT2D eigenvalue weighted by Crippen LogP contribution is 2.13. The smallest absolute Gasteiger partial charge is 0.325 e. The molecule has 3 amide bonds. The molecular weight excluding hydrogens is 260 g/mol. The predicted octanol–water partition coefficient (Wildman–Crippen LogP) is 2.14. The van der Waals surface area contributed by atoms with E-state index in [9.17, 15) is 14.4 Å². The van der Waals surface area contributed by atoms with Crippen molar-refractivity contribution in [1.82, 2.24) is 5.32 Å². The summed E-state index contributed by atoms with van der Waals surface area (Å²) in [5.41, 5.74) is 1.51. The molecule has 6 nitrogen and oxygen atoms in total. The summed E-state index contributed by atoms with van der Waals surface area (Å²) in [6.45, 7) is 3.49. The van der Waals surface area contributed by atoms with Crippen LogP contribution in [0.5, 0.6) is 0 Å². The Morgan fingerprint density at radius 1 is 1.20 bits per heavy atom. The van der Waals surface area contributed by atoms with Crippen LogP contribution in [0, 0.1) is 12.8 Å². The second-order valence-corrected chi connectivity index (χ2v) is 4.72. The number of hydrogen-bond acceptors (Lipinski definition) is 3. The van der Waals surface area contributed by atoms with Gasteiger partial charge in [0.25, 0.3) is 0 Å². The van der Waals surface area contributed by atoms with E-state index in [0.29, 0.717) is 5.69 Å². The molecule has 3 N–H and O–H groups in total. The first-order valence-electron chi connectivity index (χ1n) is 6.26. The molecule has 108 valence electrons. The molecule has 1 rings (SSSR count). The number of carboxylic acid groups (broad SMARTS) is 1. The molecule has 1 unspecified atom stereocenters. The van der Waals surface area contributed by atoms with Gasteiger partial charge in [-0.2, -0.15) is 0 Å². The molecule has 0 bridgehead atoms. The normalized spacial score (nSPS) is 11.5. The van der Waals surface area contributed by atoms with Crippen LogP contribution in [0.2, 0.25) is 0 Å². The van der Waals surface area contributed by atoms with Crippen LogP contribution in [0.3, 0.4) is 0 Å². The lowest BCUT2D eigenvalue weighted by molar-refractivity contribution is -0.138. The molecule has 0 radical (unpaired) electrons. The first-order valence-corrected chi connectivity index (χ1v) is 6.26. The number of carbonyl (C=O) groups excluding carboxylic acids is 2. The number of anilines is 1. The van der Waals surface area contributed by atoms with Crippen LogP contribution in [-0.4, -0.2) is 23.0 Å². The van der Waals surface area contributed by atoms with Gasteiger partial charge in [-0.15, -0.1) is 0 Å². The van der Waals surface area contributed by atoms with Crippen molar-refractivity contribution in [3.05, 3.63) is 29.8 Å². The minimum atomic E-state index is -0.963. The summed E-state index contributed by atoms with van der Waals surface area (Å²) in [5, 5.41) is 13.3. The SMILES string of the molecule is Cc1ccccc1NC(=O)NC(=O)CC(C)CC(=O)O. The van der Waals surface area contributed by atoms with Crippen LogP contribution in [0.4, 0.5) is 10.5 Å². The van der Waals surface area contributed by atoms with E-state index in [1.54, 1.807) is 19.1 Å². The fourth-order valence-electron chi connectivity index (χ4n) is 1.73. The molecule has 0 aromatic heterocycles. The maximum atomic E-state index is 11.6.